The van der Waals surface area contributed by atoms with Crippen molar-refractivity contribution in [3.63, 3.8) is 0 Å². The topological polar surface area (TPSA) is 80.9 Å². The maximum absolute atomic E-state index is 10.2. The zero-order chi connectivity index (χ0) is 14.4. The molecule has 2 rings (SSSR count). The first-order chi connectivity index (χ1) is 8.79. The second-order valence-corrected chi connectivity index (χ2v) is 6.23. The van der Waals surface area contributed by atoms with Crippen LogP contribution in [0.5, 0.6) is 17.2 Å². The molecule has 0 bridgehead atoms. The van der Waals surface area contributed by atoms with Crippen LogP contribution in [-0.2, 0) is 5.41 Å². The average molecular weight is 276 g/mol. The van der Waals surface area contributed by atoms with Gasteiger partial charge in [0, 0.05) is 10.8 Å². The van der Waals surface area contributed by atoms with Gasteiger partial charge in [0.15, 0.2) is 11.5 Å². The van der Waals surface area contributed by atoms with Gasteiger partial charge in [0.2, 0.25) is 0 Å². The minimum atomic E-state index is -0.789. The van der Waals surface area contributed by atoms with E-state index in [4.69, 9.17) is 0 Å². The smallest absolute Gasteiger partial charge is 0.273 e. The van der Waals surface area contributed by atoms with Crippen molar-refractivity contribution in [2.24, 2.45) is 0 Å². The molecule has 0 amide bonds. The SMILES string of the molecule is CC(C)(C)c1cccc2c(O)c([Si]O)c(O)c(O)c12. The summed E-state index contributed by atoms with van der Waals surface area (Å²) in [5, 5.41) is 31.0. The molecular weight excluding hydrogens is 260 g/mol. The van der Waals surface area contributed by atoms with Crippen LogP contribution in [0.15, 0.2) is 18.2 Å². The third-order valence-electron chi connectivity index (χ3n) is 3.17. The van der Waals surface area contributed by atoms with Crippen molar-refractivity contribution in [2.45, 2.75) is 26.2 Å². The van der Waals surface area contributed by atoms with Crippen molar-refractivity contribution < 1.29 is 20.1 Å². The summed E-state index contributed by atoms with van der Waals surface area (Å²) in [5.41, 5.74) is 0.569. The maximum Gasteiger partial charge on any atom is 0.273 e. The molecule has 2 aromatic rings. The highest BCUT2D eigenvalue weighted by atomic mass is 28.2. The number of rotatable bonds is 1. The summed E-state index contributed by atoms with van der Waals surface area (Å²) in [5.74, 6) is -0.936. The summed E-state index contributed by atoms with van der Waals surface area (Å²) in [6.45, 7) is 5.95. The molecule has 0 aliphatic carbocycles. The number of aromatic hydroxyl groups is 3. The van der Waals surface area contributed by atoms with Gasteiger partial charge in [0.05, 0.1) is 5.19 Å². The largest absolute Gasteiger partial charge is 0.507 e. The van der Waals surface area contributed by atoms with E-state index in [-0.39, 0.29) is 22.1 Å². The average Bonchev–Trinajstić information content (AvgIpc) is 2.35. The zero-order valence-electron chi connectivity index (χ0n) is 11.0. The van der Waals surface area contributed by atoms with E-state index in [1.807, 2.05) is 26.8 Å². The molecule has 0 saturated heterocycles. The van der Waals surface area contributed by atoms with E-state index >= 15 is 0 Å². The number of hydrogen-bond donors (Lipinski definition) is 4. The van der Waals surface area contributed by atoms with Gasteiger partial charge in [-0.2, -0.15) is 0 Å². The van der Waals surface area contributed by atoms with Gasteiger partial charge in [0.25, 0.3) is 9.76 Å². The molecule has 0 aliphatic heterocycles. The second kappa shape index (κ2) is 4.43. The van der Waals surface area contributed by atoms with Gasteiger partial charge in [-0.05, 0) is 11.0 Å². The molecule has 2 radical (unpaired) electrons. The molecule has 2 aromatic carbocycles. The van der Waals surface area contributed by atoms with E-state index in [0.29, 0.717) is 10.8 Å². The molecule has 0 spiro atoms. The van der Waals surface area contributed by atoms with E-state index in [2.05, 4.69) is 0 Å². The van der Waals surface area contributed by atoms with Crippen LogP contribution in [0.25, 0.3) is 10.8 Å². The van der Waals surface area contributed by atoms with E-state index in [1.165, 1.54) is 0 Å². The lowest BCUT2D eigenvalue weighted by atomic mass is 9.83. The summed E-state index contributed by atoms with van der Waals surface area (Å²) in [7, 11) is -0.789. The Labute approximate surface area is 113 Å². The summed E-state index contributed by atoms with van der Waals surface area (Å²) in [4.78, 5) is 9.21. The van der Waals surface area contributed by atoms with E-state index in [9.17, 15) is 20.1 Å². The number of fused-ring (bicyclic) bond motifs is 1. The fraction of sp³-hybridized carbons (Fsp3) is 0.286. The van der Waals surface area contributed by atoms with Crippen molar-refractivity contribution >= 4 is 25.7 Å². The van der Waals surface area contributed by atoms with Crippen LogP contribution in [0.3, 0.4) is 0 Å². The van der Waals surface area contributed by atoms with E-state index in [1.54, 1.807) is 12.1 Å². The number of hydrogen-bond acceptors (Lipinski definition) is 4. The first-order valence-electron chi connectivity index (χ1n) is 5.89. The Morgan fingerprint density at radius 3 is 2.11 bits per heavy atom. The van der Waals surface area contributed by atoms with E-state index < -0.39 is 15.5 Å². The highest BCUT2D eigenvalue weighted by Gasteiger charge is 2.24. The summed E-state index contributed by atoms with van der Waals surface area (Å²) < 4.78 is 0. The fourth-order valence-electron chi connectivity index (χ4n) is 2.22. The Kier molecular flexibility index (Phi) is 3.20. The summed E-state index contributed by atoms with van der Waals surface area (Å²) >= 11 is 0. The van der Waals surface area contributed by atoms with Crippen LogP contribution in [0.4, 0.5) is 0 Å². The molecule has 4 N–H and O–H groups in total. The molecule has 0 aromatic heterocycles. The Morgan fingerprint density at radius 1 is 0.947 bits per heavy atom. The van der Waals surface area contributed by atoms with Crippen molar-refractivity contribution in [3.05, 3.63) is 23.8 Å². The van der Waals surface area contributed by atoms with Gasteiger partial charge in [-0.15, -0.1) is 0 Å². The maximum atomic E-state index is 10.2. The van der Waals surface area contributed by atoms with Crippen LogP contribution in [0.2, 0.25) is 0 Å². The molecule has 0 unspecified atom stereocenters. The predicted octanol–water partition coefficient (Wildman–Crippen LogP) is 1.49. The van der Waals surface area contributed by atoms with Gasteiger partial charge in [-0.25, -0.2) is 0 Å². The van der Waals surface area contributed by atoms with Crippen LogP contribution in [0, 0.1) is 0 Å². The van der Waals surface area contributed by atoms with Crippen molar-refractivity contribution in [2.75, 3.05) is 0 Å². The van der Waals surface area contributed by atoms with Crippen LogP contribution in [0.1, 0.15) is 26.3 Å². The second-order valence-electron chi connectivity index (χ2n) is 5.51. The minimum absolute atomic E-state index is 0.0314. The minimum Gasteiger partial charge on any atom is -0.507 e. The van der Waals surface area contributed by atoms with Gasteiger partial charge < -0.3 is 20.1 Å². The monoisotopic (exact) mass is 276 g/mol. The van der Waals surface area contributed by atoms with Gasteiger partial charge >= 0.3 is 0 Å². The Morgan fingerprint density at radius 2 is 1.58 bits per heavy atom. The van der Waals surface area contributed by atoms with Gasteiger partial charge in [-0.3, -0.25) is 0 Å². The highest BCUT2D eigenvalue weighted by molar-refractivity contribution is 6.49. The third-order valence-corrected chi connectivity index (χ3v) is 3.87. The molecular formula is C14H16O4Si. The predicted molar refractivity (Wildman–Crippen MR) is 75.2 cm³/mol. The first-order valence-corrected chi connectivity index (χ1v) is 6.84. The Hall–Kier alpha value is -1.72. The summed E-state index contributed by atoms with van der Waals surface area (Å²) in [6.07, 6.45) is 0. The van der Waals surface area contributed by atoms with Crippen molar-refractivity contribution in [1.29, 1.82) is 0 Å². The number of benzene rings is 2. The highest BCUT2D eigenvalue weighted by Crippen LogP contribution is 2.42. The molecule has 0 saturated carbocycles. The molecule has 0 atom stereocenters. The molecule has 0 heterocycles. The number of phenols is 3. The molecule has 19 heavy (non-hydrogen) atoms. The number of phenolic OH excluding ortho intramolecular Hbond substituents is 3. The zero-order valence-corrected chi connectivity index (χ0v) is 12.0. The normalized spacial score (nSPS) is 12.0. The van der Waals surface area contributed by atoms with Gasteiger partial charge in [-0.1, -0.05) is 39.0 Å². The lowest BCUT2D eigenvalue weighted by Gasteiger charge is -2.23. The van der Waals surface area contributed by atoms with Gasteiger partial charge in [0.1, 0.15) is 5.75 Å². The van der Waals surface area contributed by atoms with E-state index in [0.717, 1.165) is 5.56 Å². The fourth-order valence-corrected chi connectivity index (χ4v) is 2.68. The van der Waals surface area contributed by atoms with Crippen LogP contribution < -0.4 is 5.19 Å². The van der Waals surface area contributed by atoms with Crippen LogP contribution >= 0.6 is 0 Å². The summed E-state index contributed by atoms with van der Waals surface area (Å²) in [6, 6.07) is 5.29. The standard InChI is InChI=1S/C14H16O4Si/c1-14(2,3)8-6-4-5-7-9(8)11(16)12(17)13(19-18)10(7)15/h4-6,15-18H,1-3H3. The molecule has 4 nitrogen and oxygen atoms in total. The van der Waals surface area contributed by atoms with Crippen LogP contribution in [-0.4, -0.2) is 29.9 Å². The lowest BCUT2D eigenvalue weighted by molar-refractivity contribution is 0.404. The first kappa shape index (κ1) is 13.7. The van der Waals surface area contributed by atoms with Crippen molar-refractivity contribution in [1.82, 2.24) is 0 Å². The lowest BCUT2D eigenvalue weighted by Crippen LogP contribution is -2.17. The molecule has 0 aliphatic rings. The Bertz CT molecular complexity index is 644. The third kappa shape index (κ3) is 2.05. The molecule has 0 fully saturated rings. The quantitative estimate of drug-likeness (QED) is 0.361. The molecule has 5 heteroatoms. The van der Waals surface area contributed by atoms with Crippen molar-refractivity contribution in [3.8, 4) is 17.2 Å². The Balaban J connectivity index is 3.00. The molecule has 100 valence electrons.